The molecule has 22 heavy (non-hydrogen) atoms. The normalized spacial score (nSPS) is 11.9. The van der Waals surface area contributed by atoms with Gasteiger partial charge in [-0.15, -0.1) is 0 Å². The van der Waals surface area contributed by atoms with Gasteiger partial charge in [0.1, 0.15) is 5.75 Å². The number of hydrogen-bond acceptors (Lipinski definition) is 5. The maximum atomic E-state index is 12.4. The highest BCUT2D eigenvalue weighted by molar-refractivity contribution is 5.93. The molecule has 8 nitrogen and oxygen atoms in total. The average molecular weight is 304 g/mol. The van der Waals surface area contributed by atoms with Gasteiger partial charge in [0.2, 0.25) is 0 Å². The van der Waals surface area contributed by atoms with Crippen molar-refractivity contribution < 1.29 is 14.8 Å². The lowest BCUT2D eigenvalue weighted by Crippen LogP contribution is -2.27. The molecule has 0 bridgehead atoms. The van der Waals surface area contributed by atoms with Crippen molar-refractivity contribution in [2.24, 2.45) is 0 Å². The minimum atomic E-state index is -0.670. The summed E-state index contributed by atoms with van der Waals surface area (Å²) < 4.78 is 1.34. The molecule has 1 unspecified atom stereocenters. The summed E-state index contributed by atoms with van der Waals surface area (Å²) in [6.07, 6.45) is 0.421. The molecule has 2 rings (SSSR count). The van der Waals surface area contributed by atoms with Crippen LogP contribution in [0.4, 0.5) is 11.5 Å². The lowest BCUT2D eigenvalue weighted by molar-refractivity contribution is -0.389. The predicted octanol–water partition coefficient (Wildman–Crippen LogP) is 2.40. The molecule has 0 aliphatic heterocycles. The number of hydrogen-bond donors (Lipinski definition) is 2. The van der Waals surface area contributed by atoms with Gasteiger partial charge in [-0.1, -0.05) is 13.0 Å². The summed E-state index contributed by atoms with van der Waals surface area (Å²) in [6, 6.07) is 6.82. The Kier molecular flexibility index (Phi) is 4.40. The van der Waals surface area contributed by atoms with Gasteiger partial charge < -0.3 is 20.5 Å². The van der Waals surface area contributed by atoms with Crippen LogP contribution < -0.4 is 5.32 Å². The number of amides is 1. The van der Waals surface area contributed by atoms with E-state index >= 15 is 0 Å². The summed E-state index contributed by atoms with van der Waals surface area (Å²) in [5, 5.41) is 26.7. The quantitative estimate of drug-likeness (QED) is 0.651. The Hall–Kier alpha value is -2.90. The Morgan fingerprint density at radius 3 is 2.77 bits per heavy atom. The van der Waals surface area contributed by atoms with E-state index in [0.29, 0.717) is 17.8 Å². The van der Waals surface area contributed by atoms with Crippen LogP contribution in [0.1, 0.15) is 25.1 Å². The van der Waals surface area contributed by atoms with Gasteiger partial charge in [0.05, 0.1) is 16.9 Å². The third-order valence-electron chi connectivity index (χ3n) is 3.19. The van der Waals surface area contributed by atoms with E-state index in [0.717, 1.165) is 0 Å². The molecular formula is C14H16N4O4. The smallest absolute Gasteiger partial charge is 0.390 e. The van der Waals surface area contributed by atoms with Crippen molar-refractivity contribution in [3.05, 3.63) is 46.1 Å². The van der Waals surface area contributed by atoms with Crippen molar-refractivity contribution in [3.8, 4) is 5.75 Å². The molecule has 2 aromatic rings. The van der Waals surface area contributed by atoms with E-state index in [1.165, 1.54) is 22.9 Å². The van der Waals surface area contributed by atoms with Crippen molar-refractivity contribution in [2.45, 2.75) is 26.3 Å². The van der Waals surface area contributed by atoms with Gasteiger partial charge in [0.25, 0.3) is 5.91 Å². The average Bonchev–Trinajstić information content (AvgIpc) is 2.82. The molecule has 0 saturated carbocycles. The van der Waals surface area contributed by atoms with E-state index in [1.807, 2.05) is 0 Å². The highest BCUT2D eigenvalue weighted by atomic mass is 16.6. The van der Waals surface area contributed by atoms with Crippen molar-refractivity contribution in [1.82, 2.24) is 9.78 Å². The van der Waals surface area contributed by atoms with Crippen LogP contribution >= 0.6 is 0 Å². The summed E-state index contributed by atoms with van der Waals surface area (Å²) >= 11 is 0. The summed E-state index contributed by atoms with van der Waals surface area (Å²) in [5.74, 6) is -0.605. The number of phenolic OH excluding ortho intramolecular Hbond substituents is 1. The lowest BCUT2D eigenvalue weighted by Gasteiger charge is -2.14. The van der Waals surface area contributed by atoms with Crippen LogP contribution in [-0.2, 0) is 4.79 Å². The fraction of sp³-hybridized carbons (Fsp3) is 0.286. The number of anilines is 1. The van der Waals surface area contributed by atoms with Crippen molar-refractivity contribution in [2.75, 3.05) is 5.32 Å². The van der Waals surface area contributed by atoms with Crippen LogP contribution in [0.2, 0.25) is 0 Å². The molecular weight excluding hydrogens is 288 g/mol. The lowest BCUT2D eigenvalue weighted by atomic mass is 10.2. The van der Waals surface area contributed by atoms with Crippen LogP contribution in [0.25, 0.3) is 0 Å². The Morgan fingerprint density at radius 1 is 1.50 bits per heavy atom. The molecule has 1 heterocycles. The molecule has 8 heteroatoms. The summed E-state index contributed by atoms with van der Waals surface area (Å²) in [5.41, 5.74) is 0.979. The van der Waals surface area contributed by atoms with Crippen molar-refractivity contribution in [1.29, 1.82) is 0 Å². The van der Waals surface area contributed by atoms with E-state index in [1.54, 1.807) is 26.0 Å². The standard InChI is InChI=1S/C14H16N4O4/c1-3-12(17-9(2)7-13(16-17)18(21)22)14(20)15-10-5-4-6-11(19)8-10/h4-8,12,19H,3H2,1-2H3,(H,15,20). The first-order valence-electron chi connectivity index (χ1n) is 6.72. The fourth-order valence-electron chi connectivity index (χ4n) is 2.15. The Labute approximate surface area is 126 Å². The number of nitro groups is 1. The predicted molar refractivity (Wildman–Crippen MR) is 79.7 cm³/mol. The van der Waals surface area contributed by atoms with Crippen molar-refractivity contribution in [3.63, 3.8) is 0 Å². The molecule has 0 aliphatic rings. The van der Waals surface area contributed by atoms with Gasteiger partial charge in [-0.3, -0.25) is 4.79 Å². The van der Waals surface area contributed by atoms with Gasteiger partial charge in [0, 0.05) is 11.8 Å². The van der Waals surface area contributed by atoms with Gasteiger partial charge in [-0.2, -0.15) is 4.68 Å². The summed E-state index contributed by atoms with van der Waals surface area (Å²) in [7, 11) is 0. The molecule has 0 saturated heterocycles. The van der Waals surface area contributed by atoms with E-state index in [4.69, 9.17) is 0 Å². The maximum absolute atomic E-state index is 12.4. The van der Waals surface area contributed by atoms with Crippen LogP contribution in [0.3, 0.4) is 0 Å². The second-order valence-corrected chi connectivity index (χ2v) is 4.81. The second kappa shape index (κ2) is 6.25. The minimum absolute atomic E-state index is 0.0387. The third-order valence-corrected chi connectivity index (χ3v) is 3.19. The second-order valence-electron chi connectivity index (χ2n) is 4.81. The van der Waals surface area contributed by atoms with Crippen molar-refractivity contribution >= 4 is 17.4 Å². The minimum Gasteiger partial charge on any atom is -0.508 e. The zero-order valence-electron chi connectivity index (χ0n) is 12.2. The number of aromatic nitrogens is 2. The number of carbonyl (C=O) groups is 1. The van der Waals surface area contributed by atoms with Crippen LogP contribution in [0.15, 0.2) is 30.3 Å². The van der Waals surface area contributed by atoms with Gasteiger partial charge in [-0.25, -0.2) is 0 Å². The van der Waals surface area contributed by atoms with E-state index in [9.17, 15) is 20.0 Å². The molecule has 0 spiro atoms. The molecule has 0 fully saturated rings. The third kappa shape index (κ3) is 3.22. The number of nitrogens with zero attached hydrogens (tertiary/aromatic N) is 3. The molecule has 2 N–H and O–H groups in total. The van der Waals surface area contributed by atoms with Crippen LogP contribution in [0, 0.1) is 17.0 Å². The summed E-state index contributed by atoms with van der Waals surface area (Å²) in [4.78, 5) is 22.5. The largest absolute Gasteiger partial charge is 0.508 e. The molecule has 0 aliphatic carbocycles. The fourth-order valence-corrected chi connectivity index (χ4v) is 2.15. The zero-order chi connectivity index (χ0) is 16.3. The van der Waals surface area contributed by atoms with E-state index in [2.05, 4.69) is 10.4 Å². The summed E-state index contributed by atoms with van der Waals surface area (Å²) in [6.45, 7) is 3.45. The first-order chi connectivity index (χ1) is 10.4. The number of nitrogens with one attached hydrogen (secondary N) is 1. The number of rotatable bonds is 5. The molecule has 116 valence electrons. The molecule has 1 atom stereocenters. The van der Waals surface area contributed by atoms with Gasteiger partial charge >= 0.3 is 5.82 Å². The zero-order valence-corrected chi connectivity index (χ0v) is 12.2. The maximum Gasteiger partial charge on any atom is 0.390 e. The SMILES string of the molecule is CCC(C(=O)Nc1cccc(O)c1)n1nc([N+](=O)[O-])cc1C. The van der Waals surface area contributed by atoms with Crippen LogP contribution in [-0.4, -0.2) is 25.7 Å². The van der Waals surface area contributed by atoms with E-state index in [-0.39, 0.29) is 17.5 Å². The first kappa shape index (κ1) is 15.5. The topological polar surface area (TPSA) is 110 Å². The number of aromatic hydroxyl groups is 1. The molecule has 1 aromatic heterocycles. The van der Waals surface area contributed by atoms with Crippen LogP contribution in [0.5, 0.6) is 5.75 Å². The van der Waals surface area contributed by atoms with Gasteiger partial charge in [-0.05, 0) is 30.4 Å². The first-order valence-corrected chi connectivity index (χ1v) is 6.72. The molecule has 1 aromatic carbocycles. The Balaban J connectivity index is 2.24. The molecule has 0 radical (unpaired) electrons. The van der Waals surface area contributed by atoms with Gasteiger partial charge in [0.15, 0.2) is 6.04 Å². The Bertz CT molecular complexity index is 711. The number of benzene rings is 1. The Morgan fingerprint density at radius 2 is 2.23 bits per heavy atom. The molecule has 1 amide bonds. The monoisotopic (exact) mass is 304 g/mol. The van der Waals surface area contributed by atoms with E-state index < -0.39 is 11.0 Å². The number of carbonyl (C=O) groups excluding carboxylic acids is 1. The number of phenols is 1. The highest BCUT2D eigenvalue weighted by Gasteiger charge is 2.27. The highest BCUT2D eigenvalue weighted by Crippen LogP contribution is 2.21. The number of aryl methyl sites for hydroxylation is 1.